The normalized spacial score (nSPS) is 14.2. The molecule has 0 heterocycles. The Balaban J connectivity index is 6.00. The zero-order chi connectivity index (χ0) is 12.7. The molecule has 0 aromatic carbocycles. The van der Waals surface area contributed by atoms with E-state index in [0.717, 1.165) is 0 Å². The second kappa shape index (κ2) is 3.68. The third-order valence-corrected chi connectivity index (χ3v) is 5.24. The van der Waals surface area contributed by atoms with E-state index in [0.29, 0.717) is 0 Å². The van der Waals surface area contributed by atoms with E-state index in [9.17, 15) is 21.6 Å². The van der Waals surface area contributed by atoms with E-state index in [1.807, 2.05) is 0 Å². The third-order valence-electron chi connectivity index (χ3n) is 1.62. The number of aliphatic hydroxyl groups excluding tert-OH is 1. The van der Waals surface area contributed by atoms with Crippen molar-refractivity contribution >= 4 is 26.2 Å². The van der Waals surface area contributed by atoms with Crippen LogP contribution in [0.1, 0.15) is 6.92 Å². The van der Waals surface area contributed by atoms with Crippen LogP contribution in [0.3, 0.4) is 0 Å². The summed E-state index contributed by atoms with van der Waals surface area (Å²) in [5, 5.41) is 17.0. The average molecular weight is 263 g/mol. The fraction of sp³-hybridized carbons (Fsp3) is 0.500. The Bertz CT molecular complexity index is 424. The predicted molar refractivity (Wildman–Crippen MR) is 44.3 cm³/mol. The molecule has 0 saturated carbocycles. The fourth-order valence-electron chi connectivity index (χ4n) is 0.572. The summed E-state index contributed by atoms with van der Waals surface area (Å²) in [7, 11) is -11.1. The molecule has 0 aliphatic carbocycles. The van der Waals surface area contributed by atoms with Crippen molar-refractivity contribution in [3.8, 4) is 0 Å². The van der Waals surface area contributed by atoms with Gasteiger partial charge in [0.1, 0.15) is 0 Å². The van der Waals surface area contributed by atoms with E-state index in [4.69, 9.17) is 19.3 Å². The summed E-state index contributed by atoms with van der Waals surface area (Å²) in [5.74, 6) is -2.31. The van der Waals surface area contributed by atoms with Crippen molar-refractivity contribution in [1.82, 2.24) is 0 Å². The molecule has 0 atom stereocenters. The van der Waals surface area contributed by atoms with Gasteiger partial charge in [-0.2, -0.15) is 16.8 Å². The largest absolute Gasteiger partial charge is 0.479 e. The number of hydrogen-bond donors (Lipinski definition) is 4. The van der Waals surface area contributed by atoms with Gasteiger partial charge in [-0.1, -0.05) is 0 Å². The van der Waals surface area contributed by atoms with Crippen molar-refractivity contribution in [3.63, 3.8) is 0 Å². The van der Waals surface area contributed by atoms with Gasteiger partial charge < -0.3 is 10.2 Å². The van der Waals surface area contributed by atoms with E-state index in [2.05, 4.69) is 0 Å². The summed E-state index contributed by atoms with van der Waals surface area (Å²) in [6.45, 7) is 0.126. The summed E-state index contributed by atoms with van der Waals surface area (Å²) >= 11 is 0. The molecule has 0 saturated heterocycles. The van der Waals surface area contributed by atoms with Crippen LogP contribution in [0.25, 0.3) is 0 Å². The molecular formula is C4H7O9S2. The van der Waals surface area contributed by atoms with Crippen LogP contribution in [0.5, 0.6) is 0 Å². The minimum Gasteiger partial charge on any atom is -0.479 e. The van der Waals surface area contributed by atoms with E-state index < -0.39 is 36.4 Å². The highest BCUT2D eigenvalue weighted by Crippen LogP contribution is 2.31. The lowest BCUT2D eigenvalue weighted by molar-refractivity contribution is -0.140. The molecule has 1 radical (unpaired) electrons. The third kappa shape index (κ3) is 2.26. The van der Waals surface area contributed by atoms with Gasteiger partial charge in [-0.15, -0.1) is 0 Å². The molecule has 0 aromatic heterocycles. The SMILES string of the molecule is CC([C](O)C(=O)O)(S(=O)(=O)O)S(=O)(=O)O. The van der Waals surface area contributed by atoms with E-state index in [-0.39, 0.29) is 6.92 Å². The van der Waals surface area contributed by atoms with Crippen molar-refractivity contribution in [2.24, 2.45) is 0 Å². The molecule has 15 heavy (non-hydrogen) atoms. The molecule has 0 bridgehead atoms. The van der Waals surface area contributed by atoms with Crippen LogP contribution < -0.4 is 0 Å². The fourth-order valence-corrected chi connectivity index (χ4v) is 2.30. The van der Waals surface area contributed by atoms with Crippen LogP contribution in [-0.4, -0.2) is 46.2 Å². The maximum Gasteiger partial charge on any atom is 0.342 e. The molecule has 0 fully saturated rings. The van der Waals surface area contributed by atoms with Crippen molar-refractivity contribution in [2.75, 3.05) is 0 Å². The lowest BCUT2D eigenvalue weighted by Crippen LogP contribution is -2.50. The van der Waals surface area contributed by atoms with Gasteiger partial charge in [0.15, 0.2) is 0 Å². The molecule has 4 N–H and O–H groups in total. The molecular weight excluding hydrogens is 256 g/mol. The van der Waals surface area contributed by atoms with E-state index in [1.54, 1.807) is 0 Å². The maximum absolute atomic E-state index is 10.6. The lowest BCUT2D eigenvalue weighted by Gasteiger charge is -2.23. The van der Waals surface area contributed by atoms with Gasteiger partial charge in [0, 0.05) is 0 Å². The highest BCUT2D eigenvalue weighted by molar-refractivity contribution is 8.05. The average Bonchev–Trinajstić information content (AvgIpc) is 1.96. The Labute approximate surface area is 84.8 Å². The van der Waals surface area contributed by atoms with Gasteiger partial charge in [-0.05, 0) is 6.92 Å². The Kier molecular flexibility index (Phi) is 3.49. The predicted octanol–water partition coefficient (Wildman–Crippen LogP) is -1.53. The maximum atomic E-state index is 10.6. The van der Waals surface area contributed by atoms with Crippen molar-refractivity contribution < 1.29 is 40.9 Å². The molecule has 0 spiro atoms. The van der Waals surface area contributed by atoms with Crippen molar-refractivity contribution in [1.29, 1.82) is 0 Å². The molecule has 0 unspecified atom stereocenters. The number of hydrogen-bond acceptors (Lipinski definition) is 6. The molecule has 0 rings (SSSR count). The topological polar surface area (TPSA) is 166 Å². The minimum atomic E-state index is -5.57. The van der Waals surface area contributed by atoms with Gasteiger partial charge in [0.05, 0.1) is 0 Å². The van der Waals surface area contributed by atoms with Gasteiger partial charge >= 0.3 is 5.97 Å². The second-order valence-corrected chi connectivity index (χ2v) is 6.34. The monoisotopic (exact) mass is 263 g/mol. The number of carboxylic acids is 1. The van der Waals surface area contributed by atoms with Crippen LogP contribution in [-0.2, 0) is 25.0 Å². The smallest absolute Gasteiger partial charge is 0.342 e. The zero-order valence-corrected chi connectivity index (χ0v) is 8.78. The number of aliphatic hydroxyl groups is 1. The molecule has 89 valence electrons. The minimum absolute atomic E-state index is 0.126. The Hall–Kier alpha value is -0.750. The molecule has 9 nitrogen and oxygen atoms in total. The Morgan fingerprint density at radius 1 is 1.00 bits per heavy atom. The van der Waals surface area contributed by atoms with Crippen LogP contribution in [0.2, 0.25) is 0 Å². The Morgan fingerprint density at radius 3 is 1.33 bits per heavy atom. The summed E-state index contributed by atoms with van der Waals surface area (Å²) in [6.07, 6.45) is -2.13. The highest BCUT2D eigenvalue weighted by atomic mass is 32.3. The molecule has 11 heteroatoms. The second-order valence-electron chi connectivity index (χ2n) is 2.55. The number of carbonyl (C=O) groups is 1. The Morgan fingerprint density at radius 2 is 1.27 bits per heavy atom. The number of aliphatic carboxylic acids is 1. The summed E-state index contributed by atoms with van der Waals surface area (Å²) in [5.41, 5.74) is 0. The first-order valence-electron chi connectivity index (χ1n) is 3.09. The van der Waals surface area contributed by atoms with Crippen LogP contribution in [0, 0.1) is 6.10 Å². The van der Waals surface area contributed by atoms with Crippen LogP contribution in [0.4, 0.5) is 0 Å². The van der Waals surface area contributed by atoms with E-state index >= 15 is 0 Å². The molecule has 0 aliphatic rings. The van der Waals surface area contributed by atoms with Gasteiger partial charge in [0.25, 0.3) is 24.3 Å². The van der Waals surface area contributed by atoms with Crippen LogP contribution >= 0.6 is 0 Å². The standard InChI is InChI=1S/C4H7O9S2/c1-4(14(8,9)10,15(11,12)13)2(5)3(6)7/h5H,1H3,(H,6,7)(H,8,9,10)(H,11,12,13). The van der Waals surface area contributed by atoms with E-state index in [1.165, 1.54) is 0 Å². The first-order chi connectivity index (χ1) is 6.35. The summed E-state index contributed by atoms with van der Waals surface area (Å²) in [4.78, 5) is 10.2. The number of rotatable bonds is 4. The molecule has 0 aromatic rings. The first kappa shape index (κ1) is 14.2. The summed E-state index contributed by atoms with van der Waals surface area (Å²) in [6, 6.07) is 0. The highest BCUT2D eigenvalue weighted by Gasteiger charge is 2.60. The molecule has 0 aliphatic heterocycles. The zero-order valence-electron chi connectivity index (χ0n) is 7.15. The van der Waals surface area contributed by atoms with Gasteiger partial charge in [-0.3, -0.25) is 9.11 Å². The quantitative estimate of drug-likeness (QED) is 0.439. The first-order valence-corrected chi connectivity index (χ1v) is 5.97. The van der Waals surface area contributed by atoms with Gasteiger partial charge in [-0.25, -0.2) is 4.79 Å². The summed E-state index contributed by atoms with van der Waals surface area (Å²) < 4.78 is 55.7. The number of carboxylic acid groups (broad SMARTS) is 1. The van der Waals surface area contributed by atoms with Crippen molar-refractivity contribution in [2.45, 2.75) is 11.0 Å². The lowest BCUT2D eigenvalue weighted by atomic mass is 10.3. The van der Waals surface area contributed by atoms with Crippen molar-refractivity contribution in [3.05, 3.63) is 6.10 Å². The molecule has 0 amide bonds. The van der Waals surface area contributed by atoms with Gasteiger partial charge in [0.2, 0.25) is 6.10 Å². The van der Waals surface area contributed by atoms with Crippen LogP contribution in [0.15, 0.2) is 0 Å².